The molecule has 5 heteroatoms. The van der Waals surface area contributed by atoms with E-state index >= 15 is 0 Å². The van der Waals surface area contributed by atoms with Crippen LogP contribution in [0.25, 0.3) is 0 Å². The number of unbranched alkanes of at least 4 members (excludes halogenated alkanes) is 5. The highest BCUT2D eigenvalue weighted by Crippen LogP contribution is 2.37. The lowest BCUT2D eigenvalue weighted by Gasteiger charge is -2.26. The van der Waals surface area contributed by atoms with Crippen molar-refractivity contribution < 1.29 is 4.74 Å². The van der Waals surface area contributed by atoms with E-state index in [1.54, 1.807) is 0 Å². The van der Waals surface area contributed by atoms with Crippen LogP contribution in [-0.2, 0) is 4.74 Å². The molecule has 0 bridgehead atoms. The van der Waals surface area contributed by atoms with Crippen LogP contribution in [0, 0.1) is 0 Å². The molecular weight excluding hydrogens is 322 g/mol. The van der Waals surface area contributed by atoms with Gasteiger partial charge in [0.1, 0.15) is 6.73 Å². The SMILES string of the molecule is CCCCCCCCOCN1C2=NCCCN2c2ccccc21.Cl. The van der Waals surface area contributed by atoms with Crippen molar-refractivity contribution in [2.75, 3.05) is 36.2 Å². The Balaban J connectivity index is 0.00000208. The molecule has 0 amide bonds. The molecule has 0 radical (unpaired) electrons. The normalized spacial score (nSPS) is 15.6. The van der Waals surface area contributed by atoms with Gasteiger partial charge in [-0.1, -0.05) is 51.2 Å². The Labute approximate surface area is 152 Å². The molecule has 3 rings (SSSR count). The van der Waals surface area contributed by atoms with E-state index in [1.165, 1.54) is 43.5 Å². The predicted octanol–water partition coefficient (Wildman–Crippen LogP) is 4.83. The first kappa shape index (κ1) is 19.1. The first-order valence-electron chi connectivity index (χ1n) is 9.18. The van der Waals surface area contributed by atoms with Gasteiger partial charge in [-0.2, -0.15) is 0 Å². The lowest BCUT2D eigenvalue weighted by Crippen LogP contribution is -2.42. The molecule has 24 heavy (non-hydrogen) atoms. The Kier molecular flexibility index (Phi) is 7.86. The number of hydrogen-bond acceptors (Lipinski definition) is 4. The topological polar surface area (TPSA) is 28.1 Å². The van der Waals surface area contributed by atoms with Gasteiger partial charge in [0.05, 0.1) is 11.4 Å². The van der Waals surface area contributed by atoms with Crippen LogP contribution < -0.4 is 9.80 Å². The summed E-state index contributed by atoms with van der Waals surface area (Å²) in [5.74, 6) is 1.07. The number of para-hydroxylation sites is 2. The summed E-state index contributed by atoms with van der Waals surface area (Å²) < 4.78 is 5.95. The first-order chi connectivity index (χ1) is 11.4. The third kappa shape index (κ3) is 4.42. The fraction of sp³-hybridized carbons (Fsp3) is 0.632. The van der Waals surface area contributed by atoms with E-state index in [0.29, 0.717) is 6.73 Å². The summed E-state index contributed by atoms with van der Waals surface area (Å²) in [7, 11) is 0. The molecule has 0 atom stereocenters. The van der Waals surface area contributed by atoms with Gasteiger partial charge in [-0.25, -0.2) is 0 Å². The number of guanidine groups is 1. The van der Waals surface area contributed by atoms with Crippen LogP contribution in [0.5, 0.6) is 0 Å². The highest BCUT2D eigenvalue weighted by atomic mass is 35.5. The second-order valence-electron chi connectivity index (χ2n) is 6.41. The van der Waals surface area contributed by atoms with E-state index in [9.17, 15) is 0 Å². The van der Waals surface area contributed by atoms with E-state index < -0.39 is 0 Å². The number of fused-ring (bicyclic) bond motifs is 3. The van der Waals surface area contributed by atoms with Crippen LogP contribution in [0.3, 0.4) is 0 Å². The van der Waals surface area contributed by atoms with Crippen LogP contribution >= 0.6 is 12.4 Å². The van der Waals surface area contributed by atoms with E-state index in [-0.39, 0.29) is 12.4 Å². The number of aliphatic imine (C=N–C) groups is 1. The number of hydrogen-bond donors (Lipinski definition) is 0. The van der Waals surface area contributed by atoms with Gasteiger partial charge in [-0.05, 0) is 25.0 Å². The van der Waals surface area contributed by atoms with Crippen LogP contribution in [-0.4, -0.2) is 32.4 Å². The Morgan fingerprint density at radius 2 is 1.79 bits per heavy atom. The Morgan fingerprint density at radius 3 is 2.62 bits per heavy atom. The fourth-order valence-corrected chi connectivity index (χ4v) is 3.35. The molecule has 2 aliphatic heterocycles. The van der Waals surface area contributed by atoms with Crippen molar-refractivity contribution in [3.8, 4) is 0 Å². The van der Waals surface area contributed by atoms with Gasteiger partial charge in [0.25, 0.3) is 0 Å². The standard InChI is InChI=1S/C19H29N3O.ClH/c1-2-3-4-5-6-9-15-23-16-22-18-12-8-7-11-17(18)21-14-10-13-20-19(21)22;/h7-8,11-12H,2-6,9-10,13-16H2,1H3;1H. The highest BCUT2D eigenvalue weighted by Gasteiger charge is 2.33. The van der Waals surface area contributed by atoms with Crippen LogP contribution in [0.2, 0.25) is 0 Å². The second kappa shape index (κ2) is 9.90. The van der Waals surface area contributed by atoms with Gasteiger partial charge in [-0.3, -0.25) is 9.89 Å². The molecule has 1 aromatic rings. The van der Waals surface area contributed by atoms with Crippen LogP contribution in [0.1, 0.15) is 51.9 Å². The minimum Gasteiger partial charge on any atom is -0.361 e. The monoisotopic (exact) mass is 351 g/mol. The minimum absolute atomic E-state index is 0. The summed E-state index contributed by atoms with van der Waals surface area (Å²) in [4.78, 5) is 9.28. The Bertz CT molecular complexity index is 535. The summed E-state index contributed by atoms with van der Waals surface area (Å²) in [5, 5.41) is 0. The molecular formula is C19H30ClN3O. The van der Waals surface area contributed by atoms with Crippen molar-refractivity contribution in [2.45, 2.75) is 51.9 Å². The lowest BCUT2D eigenvalue weighted by molar-refractivity contribution is 0.137. The Hall–Kier alpha value is -1.26. The maximum atomic E-state index is 5.95. The molecule has 0 saturated carbocycles. The maximum Gasteiger partial charge on any atom is 0.207 e. The van der Waals surface area contributed by atoms with Crippen molar-refractivity contribution in [1.29, 1.82) is 0 Å². The third-order valence-electron chi connectivity index (χ3n) is 4.60. The molecule has 0 aliphatic carbocycles. The quantitative estimate of drug-likeness (QED) is 0.596. The number of halogens is 1. The van der Waals surface area contributed by atoms with E-state index in [1.807, 2.05) is 0 Å². The summed E-state index contributed by atoms with van der Waals surface area (Å²) in [5.41, 5.74) is 2.50. The zero-order valence-corrected chi connectivity index (χ0v) is 15.6. The molecule has 2 heterocycles. The highest BCUT2D eigenvalue weighted by molar-refractivity contribution is 6.16. The van der Waals surface area contributed by atoms with Crippen molar-refractivity contribution in [3.63, 3.8) is 0 Å². The molecule has 0 spiro atoms. The van der Waals surface area contributed by atoms with Crippen molar-refractivity contribution in [2.24, 2.45) is 4.99 Å². The van der Waals surface area contributed by atoms with Crippen molar-refractivity contribution in [3.05, 3.63) is 24.3 Å². The average Bonchev–Trinajstić information content (AvgIpc) is 2.92. The minimum atomic E-state index is 0. The molecule has 1 aromatic carbocycles. The van der Waals surface area contributed by atoms with Crippen molar-refractivity contribution >= 4 is 29.7 Å². The Morgan fingerprint density at radius 1 is 1.04 bits per heavy atom. The first-order valence-corrected chi connectivity index (χ1v) is 9.18. The summed E-state index contributed by atoms with van der Waals surface area (Å²) in [6, 6.07) is 8.55. The largest absolute Gasteiger partial charge is 0.361 e. The molecule has 134 valence electrons. The molecule has 0 aromatic heterocycles. The van der Waals surface area contributed by atoms with Gasteiger partial charge < -0.3 is 9.64 Å². The smallest absolute Gasteiger partial charge is 0.207 e. The molecule has 0 N–H and O–H groups in total. The number of rotatable bonds is 9. The van der Waals surface area contributed by atoms with E-state index in [4.69, 9.17) is 9.73 Å². The van der Waals surface area contributed by atoms with E-state index in [0.717, 1.165) is 38.5 Å². The molecule has 4 nitrogen and oxygen atoms in total. The van der Waals surface area contributed by atoms with Gasteiger partial charge in [0.2, 0.25) is 5.96 Å². The summed E-state index contributed by atoms with van der Waals surface area (Å²) in [6.45, 7) is 5.70. The van der Waals surface area contributed by atoms with Gasteiger partial charge in [0, 0.05) is 19.7 Å². The molecule has 0 saturated heterocycles. The summed E-state index contributed by atoms with van der Waals surface area (Å²) >= 11 is 0. The number of ether oxygens (including phenoxy) is 1. The predicted molar refractivity (Wildman–Crippen MR) is 105 cm³/mol. The molecule has 0 unspecified atom stereocenters. The third-order valence-corrected chi connectivity index (χ3v) is 4.60. The second-order valence-corrected chi connectivity index (χ2v) is 6.41. The van der Waals surface area contributed by atoms with Crippen LogP contribution in [0.4, 0.5) is 11.4 Å². The van der Waals surface area contributed by atoms with Crippen molar-refractivity contribution in [1.82, 2.24) is 0 Å². The molecule has 2 aliphatic rings. The summed E-state index contributed by atoms with van der Waals surface area (Å²) in [6.07, 6.45) is 8.94. The zero-order chi connectivity index (χ0) is 15.9. The van der Waals surface area contributed by atoms with Gasteiger partial charge in [-0.15, -0.1) is 12.4 Å². The number of benzene rings is 1. The molecule has 0 fully saturated rings. The lowest BCUT2D eigenvalue weighted by atomic mass is 10.1. The van der Waals surface area contributed by atoms with E-state index in [2.05, 4.69) is 41.0 Å². The van der Waals surface area contributed by atoms with Gasteiger partial charge >= 0.3 is 0 Å². The number of nitrogens with zero attached hydrogens (tertiary/aromatic N) is 3. The average molecular weight is 352 g/mol. The van der Waals surface area contributed by atoms with Crippen LogP contribution in [0.15, 0.2) is 29.3 Å². The van der Waals surface area contributed by atoms with Gasteiger partial charge in [0.15, 0.2) is 0 Å². The zero-order valence-electron chi connectivity index (χ0n) is 14.7. The maximum absolute atomic E-state index is 5.95. The number of anilines is 2. The fourth-order valence-electron chi connectivity index (χ4n) is 3.35.